The van der Waals surface area contributed by atoms with E-state index < -0.39 is 8.80 Å². The second-order valence-corrected chi connectivity index (χ2v) is 9.27. The average Bonchev–Trinajstić information content (AvgIpc) is 2.54. The number of nitrogens with zero attached hydrogens (tertiary/aromatic N) is 1. The maximum atomic E-state index is 5.45. The zero-order valence-electron chi connectivity index (χ0n) is 16.1. The van der Waals surface area contributed by atoms with Crippen LogP contribution in [0.5, 0.6) is 0 Å². The predicted octanol–water partition coefficient (Wildman–Crippen LogP) is 4.75. The third-order valence-corrected chi connectivity index (χ3v) is 7.18. The Hall–Kier alpha value is 0.347. The third-order valence-electron chi connectivity index (χ3n) is 4.35. The van der Waals surface area contributed by atoms with Crippen LogP contribution in [0.25, 0.3) is 0 Å². The number of unbranched alkanes of at least 4 members (excludes halogenated alkanes) is 7. The van der Waals surface area contributed by atoms with Crippen molar-refractivity contribution >= 4 is 21.2 Å². The van der Waals surface area contributed by atoms with E-state index in [1.165, 1.54) is 57.9 Å². The molecule has 0 bridgehead atoms. The van der Waals surface area contributed by atoms with Gasteiger partial charge in [-0.25, -0.2) is 0 Å². The van der Waals surface area contributed by atoms with Gasteiger partial charge in [0.25, 0.3) is 0 Å². The Labute approximate surface area is 152 Å². The lowest BCUT2D eigenvalue weighted by Crippen LogP contribution is -2.43. The molecule has 0 N–H and O–H groups in total. The molecule has 23 heavy (non-hydrogen) atoms. The van der Waals surface area contributed by atoms with E-state index in [4.69, 9.17) is 13.3 Å². The van der Waals surface area contributed by atoms with E-state index in [1.54, 1.807) is 21.3 Å². The maximum Gasteiger partial charge on any atom is 0.500 e. The number of rotatable bonds is 16. The second-order valence-electron chi connectivity index (χ2n) is 6.18. The molecule has 142 valence electrons. The highest BCUT2D eigenvalue weighted by molar-refractivity contribution is 6.60. The summed E-state index contributed by atoms with van der Waals surface area (Å²) in [5, 5.41) is 0. The van der Waals surface area contributed by atoms with Crippen LogP contribution in [-0.4, -0.2) is 55.2 Å². The molecule has 0 aliphatic heterocycles. The third kappa shape index (κ3) is 13.3. The Morgan fingerprint density at radius 1 is 0.696 bits per heavy atom. The summed E-state index contributed by atoms with van der Waals surface area (Å²) in [6.07, 6.45) is 12.1. The highest BCUT2D eigenvalue weighted by atomic mass is 35.5. The monoisotopic (exact) mass is 369 g/mol. The molecule has 0 saturated heterocycles. The Kier molecular flexibility index (Phi) is 19.1. The molecular weight excluding hydrogens is 330 g/mol. The van der Waals surface area contributed by atoms with Crippen LogP contribution in [0.2, 0.25) is 6.04 Å². The molecule has 0 radical (unpaired) electrons. The number of hydrogen-bond acceptors (Lipinski definition) is 4. The van der Waals surface area contributed by atoms with Gasteiger partial charge in [0, 0.05) is 27.4 Å². The summed E-state index contributed by atoms with van der Waals surface area (Å²) in [4.78, 5) is 2.41. The van der Waals surface area contributed by atoms with Crippen LogP contribution in [0, 0.1) is 0 Å². The molecule has 0 aliphatic carbocycles. The van der Waals surface area contributed by atoms with Gasteiger partial charge in [-0.3, -0.25) is 0 Å². The van der Waals surface area contributed by atoms with Crippen LogP contribution < -0.4 is 0 Å². The molecule has 0 amide bonds. The molecule has 6 heteroatoms. The Balaban J connectivity index is 0. The van der Waals surface area contributed by atoms with E-state index in [9.17, 15) is 0 Å². The summed E-state index contributed by atoms with van der Waals surface area (Å²) < 4.78 is 16.3. The van der Waals surface area contributed by atoms with Crippen molar-refractivity contribution < 1.29 is 13.3 Å². The Morgan fingerprint density at radius 3 is 1.61 bits per heavy atom. The van der Waals surface area contributed by atoms with Gasteiger partial charge in [0.15, 0.2) is 0 Å². The molecule has 0 atom stereocenters. The number of halogens is 1. The molecule has 0 heterocycles. The van der Waals surface area contributed by atoms with Crippen molar-refractivity contribution in [2.75, 3.05) is 41.5 Å². The minimum atomic E-state index is -2.37. The van der Waals surface area contributed by atoms with Gasteiger partial charge in [0.1, 0.15) is 0 Å². The highest BCUT2D eigenvalue weighted by Crippen LogP contribution is 2.15. The predicted molar refractivity (Wildman–Crippen MR) is 104 cm³/mol. The van der Waals surface area contributed by atoms with Gasteiger partial charge in [0.2, 0.25) is 0 Å². The summed E-state index contributed by atoms with van der Waals surface area (Å²) >= 11 is 0. The number of hydrogen-bond donors (Lipinski definition) is 0. The fourth-order valence-electron chi connectivity index (χ4n) is 2.75. The minimum absolute atomic E-state index is 0. The van der Waals surface area contributed by atoms with E-state index in [-0.39, 0.29) is 12.4 Å². The van der Waals surface area contributed by atoms with Crippen molar-refractivity contribution in [2.45, 2.75) is 70.8 Å². The summed E-state index contributed by atoms with van der Waals surface area (Å²) in [7, 11) is 4.89. The lowest BCUT2D eigenvalue weighted by molar-refractivity contribution is 0.122. The molecule has 0 aromatic carbocycles. The quantitative estimate of drug-likeness (QED) is 0.290. The summed E-state index contributed by atoms with van der Waals surface area (Å²) in [6, 6.07) is 0.887. The molecule has 0 aliphatic rings. The smallest absolute Gasteiger partial charge is 0.377 e. The molecule has 0 aromatic heterocycles. The van der Waals surface area contributed by atoms with Crippen molar-refractivity contribution in [1.29, 1.82) is 0 Å². The van der Waals surface area contributed by atoms with Gasteiger partial charge in [0.05, 0.1) is 0 Å². The summed E-state index contributed by atoms with van der Waals surface area (Å²) in [6.45, 7) is 4.55. The molecular formula is C17H40ClNO3Si. The molecule has 0 fully saturated rings. The highest BCUT2D eigenvalue weighted by Gasteiger charge is 2.36. The first-order valence-corrected chi connectivity index (χ1v) is 10.9. The van der Waals surface area contributed by atoms with E-state index in [2.05, 4.69) is 18.9 Å². The van der Waals surface area contributed by atoms with E-state index >= 15 is 0 Å². The van der Waals surface area contributed by atoms with Crippen LogP contribution >= 0.6 is 12.4 Å². The molecule has 0 rings (SSSR count). The van der Waals surface area contributed by atoms with Gasteiger partial charge < -0.3 is 18.2 Å². The summed E-state index contributed by atoms with van der Waals surface area (Å²) in [5.74, 6) is 0. The van der Waals surface area contributed by atoms with E-state index in [0.717, 1.165) is 19.0 Å². The fraction of sp³-hybridized carbons (Fsp3) is 1.00. The van der Waals surface area contributed by atoms with Gasteiger partial charge in [-0.1, -0.05) is 51.9 Å². The summed E-state index contributed by atoms with van der Waals surface area (Å²) in [5.41, 5.74) is 0. The van der Waals surface area contributed by atoms with E-state index in [1.807, 2.05) is 0 Å². The first-order chi connectivity index (χ1) is 10.6. The largest absolute Gasteiger partial charge is 0.500 e. The van der Waals surface area contributed by atoms with Gasteiger partial charge in [-0.2, -0.15) is 0 Å². The minimum Gasteiger partial charge on any atom is -0.377 e. The first kappa shape index (κ1) is 25.6. The van der Waals surface area contributed by atoms with Crippen LogP contribution in [-0.2, 0) is 13.3 Å². The lowest BCUT2D eigenvalue weighted by Gasteiger charge is -2.25. The van der Waals surface area contributed by atoms with Crippen molar-refractivity contribution in [3.63, 3.8) is 0 Å². The maximum absolute atomic E-state index is 5.45. The van der Waals surface area contributed by atoms with Gasteiger partial charge in [-0.15, -0.1) is 12.4 Å². The Bertz CT molecular complexity index is 236. The SMILES string of the molecule is CCCCCCCCCCN(C)CCC[Si](OC)(OC)OC.Cl. The molecule has 0 spiro atoms. The molecule has 0 saturated carbocycles. The van der Waals surface area contributed by atoms with Crippen LogP contribution in [0.1, 0.15) is 64.7 Å². The first-order valence-electron chi connectivity index (χ1n) is 8.98. The fourth-order valence-corrected chi connectivity index (χ4v) is 4.45. The standard InChI is InChI=1S/C17H39NO3Si.ClH/c1-6-7-8-9-10-11-12-13-15-18(2)16-14-17-22(19-3,20-4)21-5;/h6-17H2,1-5H3;1H. The van der Waals surface area contributed by atoms with E-state index in [0.29, 0.717) is 0 Å². The van der Waals surface area contributed by atoms with Gasteiger partial charge >= 0.3 is 8.80 Å². The molecule has 0 unspecified atom stereocenters. The molecule has 0 aromatic rings. The topological polar surface area (TPSA) is 30.9 Å². The Morgan fingerprint density at radius 2 is 1.13 bits per heavy atom. The van der Waals surface area contributed by atoms with Crippen molar-refractivity contribution in [1.82, 2.24) is 4.90 Å². The normalized spacial score (nSPS) is 11.7. The van der Waals surface area contributed by atoms with Crippen molar-refractivity contribution in [3.8, 4) is 0 Å². The average molecular weight is 370 g/mol. The lowest BCUT2D eigenvalue weighted by atomic mass is 10.1. The van der Waals surface area contributed by atoms with Crippen molar-refractivity contribution in [2.24, 2.45) is 0 Å². The van der Waals surface area contributed by atoms with Crippen LogP contribution in [0.15, 0.2) is 0 Å². The zero-order valence-corrected chi connectivity index (χ0v) is 17.9. The van der Waals surface area contributed by atoms with Crippen LogP contribution in [0.4, 0.5) is 0 Å². The van der Waals surface area contributed by atoms with Crippen LogP contribution in [0.3, 0.4) is 0 Å². The van der Waals surface area contributed by atoms with Crippen molar-refractivity contribution in [3.05, 3.63) is 0 Å². The second kappa shape index (κ2) is 17.2. The molecule has 4 nitrogen and oxygen atoms in total. The zero-order chi connectivity index (χ0) is 16.7. The van der Waals surface area contributed by atoms with Gasteiger partial charge in [-0.05, 0) is 33.0 Å².